The topological polar surface area (TPSA) is 77.8 Å². The maximum Gasteiger partial charge on any atom is 0.333 e. The molecule has 0 aromatic rings. The molecule has 0 aliphatic heterocycles. The van der Waals surface area contributed by atoms with Crippen LogP contribution in [0.25, 0.3) is 0 Å². The average Bonchev–Trinajstić information content (AvgIpc) is 2.43. The quantitative estimate of drug-likeness (QED) is 0.733. The minimum atomic E-state index is -0.845. The zero-order valence-electron chi connectivity index (χ0n) is 13.4. The zero-order valence-corrected chi connectivity index (χ0v) is 13.4. The molecule has 116 valence electrons. The van der Waals surface area contributed by atoms with Crippen molar-refractivity contribution < 1.29 is 19.8 Å². The maximum absolute atomic E-state index is 10.8. The van der Waals surface area contributed by atoms with Crippen LogP contribution in [0.5, 0.6) is 0 Å². The van der Waals surface area contributed by atoms with Gasteiger partial charge in [0.15, 0.2) is 0 Å². The number of carbonyl (C=O) groups is 2. The Morgan fingerprint density at radius 2 is 1.45 bits per heavy atom. The largest absolute Gasteiger partial charge is 0.478 e. The lowest BCUT2D eigenvalue weighted by atomic mass is 10.1. The van der Waals surface area contributed by atoms with Gasteiger partial charge in [-0.15, -0.1) is 0 Å². The Labute approximate surface area is 121 Å². The molecule has 0 aromatic heterocycles. The standard InChI is InChI=1S/C10H19NO2.C5H8O2/c1-5-9(8(4)10(12)13)11(6-2)7-3;1-3-4(2)5(6)7/h5-7H2,1-4H3,(H,12,13);3H,1-2H3,(H,6,7)/b9-8+;4-3+. The summed E-state index contributed by atoms with van der Waals surface area (Å²) in [6.07, 6.45) is 2.34. The monoisotopic (exact) mass is 285 g/mol. The lowest BCUT2D eigenvalue weighted by Crippen LogP contribution is -2.24. The van der Waals surface area contributed by atoms with Crippen LogP contribution in [0.15, 0.2) is 22.9 Å². The predicted molar refractivity (Wildman–Crippen MR) is 80.6 cm³/mol. The van der Waals surface area contributed by atoms with Crippen molar-refractivity contribution in [2.45, 2.75) is 48.0 Å². The second-order valence-corrected chi connectivity index (χ2v) is 4.18. The first-order valence-corrected chi connectivity index (χ1v) is 6.80. The molecule has 20 heavy (non-hydrogen) atoms. The van der Waals surface area contributed by atoms with Crippen molar-refractivity contribution in [3.8, 4) is 0 Å². The molecule has 0 aliphatic carbocycles. The Morgan fingerprint density at radius 3 is 1.60 bits per heavy atom. The Hall–Kier alpha value is -1.78. The molecule has 0 fully saturated rings. The summed E-state index contributed by atoms with van der Waals surface area (Å²) in [6.45, 7) is 12.7. The van der Waals surface area contributed by atoms with Gasteiger partial charge < -0.3 is 15.1 Å². The van der Waals surface area contributed by atoms with E-state index >= 15 is 0 Å². The van der Waals surface area contributed by atoms with Crippen molar-refractivity contribution in [2.75, 3.05) is 13.1 Å². The molecule has 0 rings (SSSR count). The van der Waals surface area contributed by atoms with Crippen molar-refractivity contribution in [1.82, 2.24) is 4.90 Å². The highest BCUT2D eigenvalue weighted by Crippen LogP contribution is 2.13. The fourth-order valence-electron chi connectivity index (χ4n) is 1.58. The molecule has 0 aliphatic rings. The highest BCUT2D eigenvalue weighted by molar-refractivity contribution is 5.86. The van der Waals surface area contributed by atoms with Crippen molar-refractivity contribution >= 4 is 11.9 Å². The molecule has 0 saturated carbocycles. The van der Waals surface area contributed by atoms with Crippen LogP contribution >= 0.6 is 0 Å². The van der Waals surface area contributed by atoms with E-state index in [2.05, 4.69) is 4.90 Å². The highest BCUT2D eigenvalue weighted by Gasteiger charge is 2.11. The van der Waals surface area contributed by atoms with Gasteiger partial charge in [0.2, 0.25) is 0 Å². The first-order chi connectivity index (χ1) is 9.26. The number of rotatable bonds is 6. The van der Waals surface area contributed by atoms with Crippen LogP contribution in [0, 0.1) is 0 Å². The van der Waals surface area contributed by atoms with Gasteiger partial charge in [-0.05, 0) is 41.0 Å². The number of nitrogens with zero attached hydrogens (tertiary/aromatic N) is 1. The van der Waals surface area contributed by atoms with Crippen molar-refractivity contribution in [3.63, 3.8) is 0 Å². The third-order valence-corrected chi connectivity index (χ3v) is 3.00. The van der Waals surface area contributed by atoms with E-state index in [0.717, 1.165) is 25.2 Å². The third kappa shape index (κ3) is 7.61. The second-order valence-electron chi connectivity index (χ2n) is 4.18. The number of aliphatic carboxylic acids is 2. The molecule has 0 saturated heterocycles. The summed E-state index contributed by atoms with van der Waals surface area (Å²) in [5.74, 6) is -1.66. The SMILES string of the molecule is C/C=C(\C)C(=O)O.CC/C(=C(/C)C(=O)O)N(CC)CC. The third-order valence-electron chi connectivity index (χ3n) is 3.00. The van der Waals surface area contributed by atoms with E-state index in [-0.39, 0.29) is 0 Å². The number of carboxylic acid groups (broad SMARTS) is 2. The molecule has 5 nitrogen and oxygen atoms in total. The van der Waals surface area contributed by atoms with Gasteiger partial charge in [-0.25, -0.2) is 9.59 Å². The molecule has 0 bridgehead atoms. The van der Waals surface area contributed by atoms with Crippen molar-refractivity contribution in [1.29, 1.82) is 0 Å². The molecule has 0 spiro atoms. The molecule has 0 radical (unpaired) electrons. The molecule has 0 amide bonds. The molecule has 5 heteroatoms. The Bertz CT molecular complexity index is 379. The molecular weight excluding hydrogens is 258 g/mol. The molecule has 2 N–H and O–H groups in total. The van der Waals surface area contributed by atoms with Gasteiger partial charge in [-0.3, -0.25) is 0 Å². The molecule has 0 heterocycles. The van der Waals surface area contributed by atoms with E-state index in [4.69, 9.17) is 10.2 Å². The highest BCUT2D eigenvalue weighted by atomic mass is 16.4. The van der Waals surface area contributed by atoms with Gasteiger partial charge in [0, 0.05) is 24.4 Å². The minimum absolute atomic E-state index is 0.389. The Balaban J connectivity index is 0. The van der Waals surface area contributed by atoms with E-state index < -0.39 is 11.9 Å². The normalized spacial score (nSPS) is 12.0. The van der Waals surface area contributed by atoms with Gasteiger partial charge in [0.1, 0.15) is 0 Å². The predicted octanol–water partition coefficient (Wildman–Crippen LogP) is 3.13. The van der Waals surface area contributed by atoms with E-state index in [1.807, 2.05) is 20.8 Å². The van der Waals surface area contributed by atoms with Gasteiger partial charge in [-0.1, -0.05) is 13.0 Å². The summed E-state index contributed by atoms with van der Waals surface area (Å²) in [5, 5.41) is 17.0. The summed E-state index contributed by atoms with van der Waals surface area (Å²) in [5.41, 5.74) is 1.80. The van der Waals surface area contributed by atoms with Crippen LogP contribution in [0.3, 0.4) is 0 Å². The zero-order chi connectivity index (χ0) is 16.3. The van der Waals surface area contributed by atoms with Crippen LogP contribution in [0.2, 0.25) is 0 Å². The molecule has 0 aromatic carbocycles. The van der Waals surface area contributed by atoms with Crippen LogP contribution in [0.1, 0.15) is 48.0 Å². The lowest BCUT2D eigenvalue weighted by molar-refractivity contribution is -0.133. The van der Waals surface area contributed by atoms with E-state index in [1.165, 1.54) is 0 Å². The van der Waals surface area contributed by atoms with E-state index in [1.54, 1.807) is 26.8 Å². The number of allylic oxidation sites excluding steroid dienone is 2. The number of hydrogen-bond donors (Lipinski definition) is 2. The van der Waals surface area contributed by atoms with Crippen molar-refractivity contribution in [2.24, 2.45) is 0 Å². The van der Waals surface area contributed by atoms with Gasteiger partial charge in [-0.2, -0.15) is 0 Å². The lowest BCUT2D eigenvalue weighted by Gasteiger charge is -2.24. The van der Waals surface area contributed by atoms with Gasteiger partial charge >= 0.3 is 11.9 Å². The smallest absolute Gasteiger partial charge is 0.333 e. The van der Waals surface area contributed by atoms with Gasteiger partial charge in [0.05, 0.1) is 5.57 Å². The fraction of sp³-hybridized carbons (Fsp3) is 0.600. The summed E-state index contributed by atoms with van der Waals surface area (Å²) in [6, 6.07) is 0. The fourth-order valence-corrected chi connectivity index (χ4v) is 1.58. The van der Waals surface area contributed by atoms with E-state index in [0.29, 0.717) is 11.1 Å². The van der Waals surface area contributed by atoms with Crippen LogP contribution in [-0.2, 0) is 9.59 Å². The van der Waals surface area contributed by atoms with E-state index in [9.17, 15) is 9.59 Å². The average molecular weight is 285 g/mol. The summed E-state index contributed by atoms with van der Waals surface area (Å²) >= 11 is 0. The first kappa shape index (κ1) is 20.5. The van der Waals surface area contributed by atoms with Gasteiger partial charge in [0.25, 0.3) is 0 Å². The summed E-state index contributed by atoms with van der Waals surface area (Å²) in [7, 11) is 0. The molecule has 0 atom stereocenters. The molecule has 0 unspecified atom stereocenters. The molecular formula is C15H27NO4. The number of hydrogen-bond acceptors (Lipinski definition) is 3. The second kappa shape index (κ2) is 11.1. The Kier molecular flexibility index (Phi) is 11.4. The first-order valence-electron chi connectivity index (χ1n) is 6.80. The minimum Gasteiger partial charge on any atom is -0.478 e. The maximum atomic E-state index is 10.8. The summed E-state index contributed by atoms with van der Waals surface area (Å²) < 4.78 is 0. The van der Waals surface area contributed by atoms with Crippen molar-refractivity contribution in [3.05, 3.63) is 22.9 Å². The van der Waals surface area contributed by atoms with Crippen LogP contribution in [-0.4, -0.2) is 40.1 Å². The summed E-state index contributed by atoms with van der Waals surface area (Å²) in [4.78, 5) is 22.7. The van der Waals surface area contributed by atoms with Crippen LogP contribution in [0.4, 0.5) is 0 Å². The Morgan fingerprint density at radius 1 is 1.00 bits per heavy atom. The number of carboxylic acids is 2. The van der Waals surface area contributed by atoms with Crippen LogP contribution < -0.4 is 0 Å².